The molecule has 0 aliphatic heterocycles. The molecular weight excluding hydrogens is 453 g/mol. The van der Waals surface area contributed by atoms with Gasteiger partial charge in [-0.15, -0.1) is 5.10 Å². The Labute approximate surface area is 197 Å². The van der Waals surface area contributed by atoms with Crippen molar-refractivity contribution in [2.45, 2.75) is 59.5 Å². The first-order valence-electron chi connectivity index (χ1n) is 10.3. The molecule has 3 aromatic rings. The summed E-state index contributed by atoms with van der Waals surface area (Å²) in [7, 11) is 0. The predicted molar refractivity (Wildman–Crippen MR) is 124 cm³/mol. The van der Waals surface area contributed by atoms with Gasteiger partial charge in [0.15, 0.2) is 0 Å². The van der Waals surface area contributed by atoms with Crippen LogP contribution in [-0.4, -0.2) is 38.3 Å². The number of rotatable bonds is 8. The number of halogens is 2. The number of benzene rings is 2. The normalized spacial score (nSPS) is 11.8. The number of aromatic nitrogens is 3. The Morgan fingerprint density at radius 2 is 1.88 bits per heavy atom. The third kappa shape index (κ3) is 5.78. The van der Waals surface area contributed by atoms with E-state index in [1.54, 1.807) is 32.9 Å². The standard InChI is InChI=1S/C23H27Cl2N3O4/c1-14-16(12-29)6-7-19-21(14)26-27-28(19)8-5-9-31-13-15-10-17(24)20(18(25)11-15)22(30)32-23(2,3)4/h6-7,10-11,29H,5,8-9,12-13H2,1-4H3. The summed E-state index contributed by atoms with van der Waals surface area (Å²) >= 11 is 12.6. The van der Waals surface area contributed by atoms with Crippen LogP contribution in [0.15, 0.2) is 24.3 Å². The lowest BCUT2D eigenvalue weighted by Crippen LogP contribution is -2.24. The molecule has 172 valence electrons. The molecule has 0 bridgehead atoms. The molecule has 0 saturated carbocycles. The summed E-state index contributed by atoms with van der Waals surface area (Å²) in [6.07, 6.45) is 0.733. The molecule has 0 aliphatic carbocycles. The highest BCUT2D eigenvalue weighted by atomic mass is 35.5. The highest BCUT2D eigenvalue weighted by Gasteiger charge is 2.23. The van der Waals surface area contributed by atoms with Crippen molar-refractivity contribution in [1.29, 1.82) is 0 Å². The smallest absolute Gasteiger partial charge is 0.341 e. The van der Waals surface area contributed by atoms with Gasteiger partial charge in [-0.2, -0.15) is 0 Å². The second kappa shape index (κ2) is 10.2. The van der Waals surface area contributed by atoms with Crippen molar-refractivity contribution in [2.75, 3.05) is 6.61 Å². The fourth-order valence-corrected chi connectivity index (χ4v) is 3.97. The summed E-state index contributed by atoms with van der Waals surface area (Å²) in [5.41, 5.74) is 3.80. The maximum Gasteiger partial charge on any atom is 0.341 e. The van der Waals surface area contributed by atoms with Gasteiger partial charge in [-0.3, -0.25) is 0 Å². The van der Waals surface area contributed by atoms with Crippen molar-refractivity contribution in [3.8, 4) is 0 Å². The number of esters is 1. The SMILES string of the molecule is Cc1c(CO)ccc2c1nnn2CCCOCc1cc(Cl)c(C(=O)OC(C)(C)C)c(Cl)c1. The Bertz CT molecular complexity index is 1100. The summed E-state index contributed by atoms with van der Waals surface area (Å²) in [6.45, 7) is 8.71. The first kappa shape index (κ1) is 24.5. The maximum atomic E-state index is 12.3. The van der Waals surface area contributed by atoms with E-state index in [1.165, 1.54) is 0 Å². The topological polar surface area (TPSA) is 86.5 Å². The lowest BCUT2D eigenvalue weighted by Gasteiger charge is -2.20. The number of aryl methyl sites for hydroxylation is 2. The van der Waals surface area contributed by atoms with E-state index >= 15 is 0 Å². The van der Waals surface area contributed by atoms with E-state index in [4.69, 9.17) is 32.7 Å². The van der Waals surface area contributed by atoms with Gasteiger partial charge in [0.2, 0.25) is 0 Å². The first-order valence-corrected chi connectivity index (χ1v) is 11.1. The first-order chi connectivity index (χ1) is 15.1. The van der Waals surface area contributed by atoms with Crippen LogP contribution in [0.25, 0.3) is 11.0 Å². The minimum Gasteiger partial charge on any atom is -0.456 e. The zero-order valence-corrected chi connectivity index (χ0v) is 20.1. The monoisotopic (exact) mass is 479 g/mol. The Kier molecular flexibility index (Phi) is 7.77. The Morgan fingerprint density at radius 3 is 2.50 bits per heavy atom. The van der Waals surface area contributed by atoms with E-state index < -0.39 is 11.6 Å². The summed E-state index contributed by atoms with van der Waals surface area (Å²) in [6, 6.07) is 7.14. The molecule has 1 N–H and O–H groups in total. The minimum absolute atomic E-state index is 0.0186. The third-order valence-electron chi connectivity index (χ3n) is 4.86. The Balaban J connectivity index is 1.55. The molecule has 0 atom stereocenters. The van der Waals surface area contributed by atoms with Gasteiger partial charge in [0.25, 0.3) is 0 Å². The molecule has 1 heterocycles. The number of nitrogens with zero attached hydrogens (tertiary/aromatic N) is 3. The molecule has 0 unspecified atom stereocenters. The van der Waals surface area contributed by atoms with E-state index in [-0.39, 0.29) is 22.2 Å². The molecule has 0 fully saturated rings. The van der Waals surface area contributed by atoms with Gasteiger partial charge in [0, 0.05) is 13.2 Å². The average molecular weight is 480 g/mol. The zero-order valence-electron chi connectivity index (χ0n) is 18.6. The Hall–Kier alpha value is -2.19. The number of fused-ring (bicyclic) bond motifs is 1. The molecule has 0 saturated heterocycles. The van der Waals surface area contributed by atoms with Crippen LogP contribution in [0.2, 0.25) is 10.0 Å². The van der Waals surface area contributed by atoms with Crippen molar-refractivity contribution >= 4 is 40.2 Å². The van der Waals surface area contributed by atoms with Crippen molar-refractivity contribution in [2.24, 2.45) is 0 Å². The minimum atomic E-state index is -0.638. The quantitative estimate of drug-likeness (QED) is 0.357. The van der Waals surface area contributed by atoms with Crippen molar-refractivity contribution < 1.29 is 19.4 Å². The molecular formula is C23H27Cl2N3O4. The fourth-order valence-electron chi connectivity index (χ4n) is 3.28. The Morgan fingerprint density at radius 1 is 1.19 bits per heavy atom. The van der Waals surface area contributed by atoms with Crippen LogP contribution in [-0.2, 0) is 29.2 Å². The molecule has 0 radical (unpaired) electrons. The van der Waals surface area contributed by atoms with Gasteiger partial charge in [0.1, 0.15) is 11.1 Å². The number of hydrogen-bond donors (Lipinski definition) is 1. The average Bonchev–Trinajstić information content (AvgIpc) is 3.10. The third-order valence-corrected chi connectivity index (χ3v) is 5.45. The van der Waals surface area contributed by atoms with Gasteiger partial charge in [-0.05, 0) is 69.0 Å². The zero-order chi connectivity index (χ0) is 23.5. The van der Waals surface area contributed by atoms with E-state index in [2.05, 4.69) is 10.3 Å². The molecule has 0 amide bonds. The molecule has 3 rings (SSSR count). The van der Waals surface area contributed by atoms with Crippen molar-refractivity contribution in [1.82, 2.24) is 15.0 Å². The van der Waals surface area contributed by atoms with E-state index in [9.17, 15) is 9.90 Å². The number of aliphatic hydroxyl groups is 1. The number of ether oxygens (including phenoxy) is 2. The second-order valence-corrected chi connectivity index (χ2v) is 9.35. The summed E-state index contributed by atoms with van der Waals surface area (Å²) < 4.78 is 12.9. The van der Waals surface area contributed by atoms with Crippen molar-refractivity contribution in [3.05, 3.63) is 56.6 Å². The van der Waals surface area contributed by atoms with Gasteiger partial charge in [-0.1, -0.05) is 34.5 Å². The van der Waals surface area contributed by atoms with E-state index in [1.807, 2.05) is 23.7 Å². The van der Waals surface area contributed by atoms with Gasteiger partial charge >= 0.3 is 5.97 Å². The number of hydrogen-bond acceptors (Lipinski definition) is 6. The van der Waals surface area contributed by atoms with Crippen LogP contribution < -0.4 is 0 Å². The fraction of sp³-hybridized carbons (Fsp3) is 0.435. The van der Waals surface area contributed by atoms with E-state index in [0.29, 0.717) is 19.8 Å². The highest BCUT2D eigenvalue weighted by molar-refractivity contribution is 6.39. The molecule has 7 nitrogen and oxygen atoms in total. The molecule has 2 aromatic carbocycles. The van der Waals surface area contributed by atoms with Gasteiger partial charge in [-0.25, -0.2) is 9.48 Å². The summed E-state index contributed by atoms with van der Waals surface area (Å²) in [5.74, 6) is -0.554. The lowest BCUT2D eigenvalue weighted by molar-refractivity contribution is 0.00698. The molecule has 9 heteroatoms. The summed E-state index contributed by atoms with van der Waals surface area (Å²) in [4.78, 5) is 12.3. The number of carbonyl (C=O) groups is 1. The predicted octanol–water partition coefficient (Wildman–Crippen LogP) is 5.10. The van der Waals surface area contributed by atoms with Crippen LogP contribution in [0.5, 0.6) is 0 Å². The maximum absolute atomic E-state index is 12.3. The van der Waals surface area contributed by atoms with E-state index in [0.717, 1.165) is 34.1 Å². The van der Waals surface area contributed by atoms with Gasteiger partial charge in [0.05, 0.1) is 34.3 Å². The molecule has 32 heavy (non-hydrogen) atoms. The number of carbonyl (C=O) groups excluding carboxylic acids is 1. The largest absolute Gasteiger partial charge is 0.456 e. The van der Waals surface area contributed by atoms with Crippen LogP contribution in [0, 0.1) is 6.92 Å². The number of aliphatic hydroxyl groups excluding tert-OH is 1. The van der Waals surface area contributed by atoms with Crippen LogP contribution in [0.1, 0.15) is 54.2 Å². The lowest BCUT2D eigenvalue weighted by atomic mass is 10.1. The second-order valence-electron chi connectivity index (χ2n) is 8.53. The molecule has 1 aromatic heterocycles. The van der Waals surface area contributed by atoms with Gasteiger partial charge < -0.3 is 14.6 Å². The molecule has 0 aliphatic rings. The van der Waals surface area contributed by atoms with Crippen LogP contribution in [0.3, 0.4) is 0 Å². The van der Waals surface area contributed by atoms with Crippen LogP contribution >= 0.6 is 23.2 Å². The summed E-state index contributed by atoms with van der Waals surface area (Å²) in [5, 5.41) is 18.3. The van der Waals surface area contributed by atoms with Crippen molar-refractivity contribution in [3.63, 3.8) is 0 Å². The molecule has 0 spiro atoms. The van der Waals surface area contributed by atoms with Crippen LogP contribution in [0.4, 0.5) is 0 Å². The highest BCUT2D eigenvalue weighted by Crippen LogP contribution is 2.29.